The number of carbonyl (C=O) groups is 1. The quantitative estimate of drug-likeness (QED) is 0.808. The molecule has 136 valence electrons. The van der Waals surface area contributed by atoms with Crippen LogP contribution in [0.4, 0.5) is 13.2 Å². The molecule has 1 aromatic carbocycles. The van der Waals surface area contributed by atoms with Crippen LogP contribution in [-0.4, -0.2) is 46.8 Å². The van der Waals surface area contributed by atoms with Gasteiger partial charge in [0, 0.05) is 50.1 Å². The maximum Gasteiger partial charge on any atom is 0.254 e. The lowest BCUT2D eigenvalue weighted by molar-refractivity contribution is -0.0574. The molecular formula is C19H23F3N2O. The van der Waals surface area contributed by atoms with Crippen LogP contribution in [0.15, 0.2) is 18.2 Å². The highest BCUT2D eigenvalue weighted by molar-refractivity contribution is 5.98. The van der Waals surface area contributed by atoms with E-state index in [4.69, 9.17) is 0 Å². The average Bonchev–Trinajstić information content (AvgIpc) is 2.91. The monoisotopic (exact) mass is 352 g/mol. The fourth-order valence-corrected chi connectivity index (χ4v) is 4.56. The third kappa shape index (κ3) is 3.28. The van der Waals surface area contributed by atoms with E-state index in [1.165, 1.54) is 12.1 Å². The predicted molar refractivity (Wildman–Crippen MR) is 88.1 cm³/mol. The Bertz CT molecular complexity index is 661. The van der Waals surface area contributed by atoms with Crippen LogP contribution in [0.1, 0.15) is 54.4 Å². The van der Waals surface area contributed by atoms with Crippen molar-refractivity contribution in [2.75, 3.05) is 13.1 Å². The van der Waals surface area contributed by atoms with E-state index in [-0.39, 0.29) is 36.6 Å². The fraction of sp³-hybridized carbons (Fsp3) is 0.632. The number of benzene rings is 1. The van der Waals surface area contributed by atoms with Crippen molar-refractivity contribution in [3.05, 3.63) is 35.1 Å². The maximum atomic E-state index is 13.4. The van der Waals surface area contributed by atoms with Crippen LogP contribution in [0, 0.1) is 5.82 Å². The van der Waals surface area contributed by atoms with Crippen molar-refractivity contribution >= 4 is 5.91 Å². The summed E-state index contributed by atoms with van der Waals surface area (Å²) in [6.07, 6.45) is 2.81. The number of likely N-dealkylation sites (tertiary alicyclic amines) is 1. The van der Waals surface area contributed by atoms with Gasteiger partial charge >= 0.3 is 0 Å². The normalized spacial score (nSPS) is 25.4. The second-order valence-corrected chi connectivity index (χ2v) is 7.59. The zero-order valence-corrected chi connectivity index (χ0v) is 14.2. The number of halogens is 3. The lowest BCUT2D eigenvalue weighted by Gasteiger charge is -2.42. The van der Waals surface area contributed by atoms with Gasteiger partial charge in [-0.15, -0.1) is 0 Å². The predicted octanol–water partition coefficient (Wildman–Crippen LogP) is 3.82. The van der Waals surface area contributed by atoms with Crippen LogP contribution < -0.4 is 0 Å². The molecule has 4 rings (SSSR count). The van der Waals surface area contributed by atoms with Crippen LogP contribution in [0.3, 0.4) is 0 Å². The summed E-state index contributed by atoms with van der Waals surface area (Å²) in [4.78, 5) is 16.7. The van der Waals surface area contributed by atoms with E-state index in [9.17, 15) is 18.0 Å². The number of piperidine rings is 1. The number of rotatable bonds is 2. The molecule has 1 saturated heterocycles. The van der Waals surface area contributed by atoms with Gasteiger partial charge in [-0.3, -0.25) is 4.79 Å². The molecule has 3 aliphatic rings. The first kappa shape index (κ1) is 16.9. The number of hydrogen-bond acceptors (Lipinski definition) is 2. The highest BCUT2D eigenvalue weighted by Gasteiger charge is 2.39. The molecule has 1 aliphatic carbocycles. The van der Waals surface area contributed by atoms with Gasteiger partial charge in [-0.25, -0.2) is 13.2 Å². The summed E-state index contributed by atoms with van der Waals surface area (Å²) in [7, 11) is 0. The van der Waals surface area contributed by atoms with E-state index < -0.39 is 5.92 Å². The van der Waals surface area contributed by atoms with Gasteiger partial charge in [-0.2, -0.15) is 0 Å². The maximum absolute atomic E-state index is 13.4. The van der Waals surface area contributed by atoms with Crippen LogP contribution >= 0.6 is 0 Å². The van der Waals surface area contributed by atoms with Crippen molar-refractivity contribution in [2.45, 2.75) is 63.1 Å². The first-order chi connectivity index (χ1) is 11.9. The molecule has 0 radical (unpaired) electrons. The Hall–Kier alpha value is -1.56. The van der Waals surface area contributed by atoms with Gasteiger partial charge in [0.25, 0.3) is 5.91 Å². The molecule has 0 atom stereocenters. The number of fused-ring (bicyclic) bond motifs is 1. The minimum Gasteiger partial charge on any atom is -0.331 e. The van der Waals surface area contributed by atoms with Crippen LogP contribution in [-0.2, 0) is 6.54 Å². The van der Waals surface area contributed by atoms with E-state index in [0.29, 0.717) is 24.9 Å². The number of alkyl halides is 2. The van der Waals surface area contributed by atoms with E-state index in [2.05, 4.69) is 4.90 Å². The highest BCUT2D eigenvalue weighted by atomic mass is 19.3. The molecule has 1 saturated carbocycles. The largest absolute Gasteiger partial charge is 0.331 e. The Kier molecular flexibility index (Phi) is 4.26. The first-order valence-electron chi connectivity index (χ1n) is 9.14. The Balaban J connectivity index is 1.35. The molecule has 2 heterocycles. The second-order valence-electron chi connectivity index (χ2n) is 7.59. The van der Waals surface area contributed by atoms with Crippen LogP contribution in [0.25, 0.3) is 0 Å². The Morgan fingerprint density at radius 1 is 1.00 bits per heavy atom. The minimum atomic E-state index is -2.49. The Labute approximate surface area is 145 Å². The smallest absolute Gasteiger partial charge is 0.254 e. The molecule has 2 fully saturated rings. The summed E-state index contributed by atoms with van der Waals surface area (Å²) in [5.41, 5.74) is 1.38. The van der Waals surface area contributed by atoms with Gasteiger partial charge < -0.3 is 9.80 Å². The molecule has 3 nitrogen and oxygen atoms in total. The molecule has 0 spiro atoms. The minimum absolute atomic E-state index is 0.00856. The van der Waals surface area contributed by atoms with E-state index in [0.717, 1.165) is 31.5 Å². The van der Waals surface area contributed by atoms with Crippen molar-refractivity contribution in [1.29, 1.82) is 0 Å². The summed E-state index contributed by atoms with van der Waals surface area (Å²) in [5.74, 6) is -2.80. The van der Waals surface area contributed by atoms with Gasteiger partial charge in [0.15, 0.2) is 0 Å². The number of amides is 1. The molecule has 6 heteroatoms. The summed E-state index contributed by atoms with van der Waals surface area (Å²) < 4.78 is 40.0. The van der Waals surface area contributed by atoms with Gasteiger partial charge in [-0.05, 0) is 49.4 Å². The molecule has 1 amide bonds. The fourth-order valence-electron chi connectivity index (χ4n) is 4.56. The highest BCUT2D eigenvalue weighted by Crippen LogP contribution is 2.36. The molecular weight excluding hydrogens is 329 g/mol. The third-order valence-corrected chi connectivity index (χ3v) is 6.04. The zero-order valence-electron chi connectivity index (χ0n) is 14.2. The van der Waals surface area contributed by atoms with Gasteiger partial charge in [-0.1, -0.05) is 0 Å². The summed E-state index contributed by atoms with van der Waals surface area (Å²) in [6, 6.07) is 4.77. The summed E-state index contributed by atoms with van der Waals surface area (Å²) in [6.45, 7) is 2.16. The van der Waals surface area contributed by atoms with Gasteiger partial charge in [0.1, 0.15) is 5.82 Å². The van der Waals surface area contributed by atoms with Crippen molar-refractivity contribution in [2.24, 2.45) is 0 Å². The lowest BCUT2D eigenvalue weighted by atomic mass is 9.89. The molecule has 1 aromatic rings. The first-order valence-corrected chi connectivity index (χ1v) is 9.14. The molecule has 0 N–H and O–H groups in total. The van der Waals surface area contributed by atoms with E-state index in [1.54, 1.807) is 6.07 Å². The topological polar surface area (TPSA) is 23.6 Å². The van der Waals surface area contributed by atoms with Crippen molar-refractivity contribution in [3.8, 4) is 0 Å². The molecule has 25 heavy (non-hydrogen) atoms. The van der Waals surface area contributed by atoms with Crippen LogP contribution in [0.5, 0.6) is 0 Å². The summed E-state index contributed by atoms with van der Waals surface area (Å²) >= 11 is 0. The van der Waals surface area contributed by atoms with E-state index >= 15 is 0 Å². The Morgan fingerprint density at radius 3 is 2.36 bits per heavy atom. The number of hydrogen-bond donors (Lipinski definition) is 0. The molecule has 0 unspecified atom stereocenters. The summed E-state index contributed by atoms with van der Waals surface area (Å²) in [5, 5.41) is 0. The average molecular weight is 352 g/mol. The van der Waals surface area contributed by atoms with Crippen molar-refractivity contribution in [3.63, 3.8) is 0 Å². The van der Waals surface area contributed by atoms with Gasteiger partial charge in [0.2, 0.25) is 5.92 Å². The SMILES string of the molecule is O=C1c2ccc(F)cc2CN1C1CCN(C2CCC(F)(F)CC2)CC1. The zero-order chi connectivity index (χ0) is 17.6. The lowest BCUT2D eigenvalue weighted by Crippen LogP contribution is -2.49. The van der Waals surface area contributed by atoms with Crippen LogP contribution in [0.2, 0.25) is 0 Å². The second kappa shape index (κ2) is 6.31. The Morgan fingerprint density at radius 2 is 1.68 bits per heavy atom. The molecule has 2 aliphatic heterocycles. The van der Waals surface area contributed by atoms with Gasteiger partial charge in [0.05, 0.1) is 0 Å². The number of carbonyl (C=O) groups excluding carboxylic acids is 1. The standard InChI is InChI=1S/C19H23F3N2O/c20-14-1-2-17-13(11-14)12-24(18(17)25)16-5-9-23(10-6-16)15-3-7-19(21,22)8-4-15/h1-2,11,15-16H,3-10,12H2. The van der Waals surface area contributed by atoms with Crippen molar-refractivity contribution < 1.29 is 18.0 Å². The van der Waals surface area contributed by atoms with E-state index in [1.807, 2.05) is 4.90 Å². The number of nitrogens with zero attached hydrogens (tertiary/aromatic N) is 2. The molecule has 0 bridgehead atoms. The van der Waals surface area contributed by atoms with Crippen molar-refractivity contribution in [1.82, 2.24) is 9.80 Å². The third-order valence-electron chi connectivity index (χ3n) is 6.04. The molecule has 0 aromatic heterocycles.